The van der Waals surface area contributed by atoms with Crippen LogP contribution in [0.25, 0.3) is 17.5 Å². The first-order valence-corrected chi connectivity index (χ1v) is 13.2. The van der Waals surface area contributed by atoms with E-state index in [9.17, 15) is 9.59 Å². The second-order valence-electron chi connectivity index (χ2n) is 8.04. The van der Waals surface area contributed by atoms with Crippen molar-refractivity contribution in [3.63, 3.8) is 0 Å². The smallest absolute Gasteiger partial charge is 0.248 e. The van der Waals surface area contributed by atoms with E-state index in [1.807, 2.05) is 66.1 Å². The lowest BCUT2D eigenvalue weighted by molar-refractivity contribution is -0.114. The zero-order valence-electron chi connectivity index (χ0n) is 20.8. The molecule has 2 N–H and O–H groups in total. The van der Waals surface area contributed by atoms with Gasteiger partial charge in [-0.2, -0.15) is 0 Å². The Labute approximate surface area is 230 Å². The number of methoxy groups -OCH3 is 1. The number of aromatic nitrogens is 3. The Morgan fingerprint density at radius 2 is 1.79 bits per heavy atom. The summed E-state index contributed by atoms with van der Waals surface area (Å²) in [5.74, 6) is 0.900. The monoisotopic (exact) mass is 547 g/mol. The first-order chi connectivity index (χ1) is 18.5. The van der Waals surface area contributed by atoms with Gasteiger partial charge in [-0.3, -0.25) is 9.59 Å². The molecule has 0 spiro atoms. The maximum atomic E-state index is 12.6. The van der Waals surface area contributed by atoms with Crippen molar-refractivity contribution < 1.29 is 14.3 Å². The van der Waals surface area contributed by atoms with Gasteiger partial charge in [-0.05, 0) is 61.0 Å². The van der Waals surface area contributed by atoms with Crippen molar-refractivity contribution in [3.05, 3.63) is 89.5 Å². The number of halogens is 1. The van der Waals surface area contributed by atoms with E-state index in [-0.39, 0.29) is 17.6 Å². The number of benzene rings is 3. The van der Waals surface area contributed by atoms with E-state index in [1.54, 1.807) is 24.3 Å². The molecule has 0 bridgehead atoms. The molecular weight excluding hydrogens is 522 g/mol. The molecule has 2 amide bonds. The standard InChI is InChI=1S/C28H26ClN5O3S/c1-3-34-27(20-10-13-22(14-11-20)30-25(35)16-9-19-7-5-4-6-8-19)32-33-28(34)38-18-26(36)31-23-17-21(29)12-15-24(23)37-2/h4-17H,3,18H2,1-2H3,(H,30,35)(H,31,36)/b16-9+. The average Bonchev–Trinajstić information content (AvgIpc) is 3.35. The van der Waals surface area contributed by atoms with Gasteiger partial charge in [0.2, 0.25) is 11.8 Å². The average molecular weight is 548 g/mol. The quantitative estimate of drug-likeness (QED) is 0.186. The molecule has 1 heterocycles. The van der Waals surface area contributed by atoms with E-state index < -0.39 is 0 Å². The van der Waals surface area contributed by atoms with E-state index in [1.165, 1.54) is 24.9 Å². The van der Waals surface area contributed by atoms with E-state index in [4.69, 9.17) is 16.3 Å². The number of nitrogens with zero attached hydrogens (tertiary/aromatic N) is 3. The number of hydrogen-bond donors (Lipinski definition) is 2. The molecule has 10 heteroatoms. The molecule has 1 aromatic heterocycles. The number of amides is 2. The Bertz CT molecular complexity index is 1440. The summed E-state index contributed by atoms with van der Waals surface area (Å²) in [6.45, 7) is 2.61. The van der Waals surface area contributed by atoms with Crippen molar-refractivity contribution >= 4 is 52.6 Å². The summed E-state index contributed by atoms with van der Waals surface area (Å²) in [5.41, 5.74) is 2.97. The molecule has 0 unspecified atom stereocenters. The van der Waals surface area contributed by atoms with Crippen molar-refractivity contribution in [2.75, 3.05) is 23.5 Å². The first-order valence-electron chi connectivity index (χ1n) is 11.8. The van der Waals surface area contributed by atoms with Crippen molar-refractivity contribution in [2.24, 2.45) is 0 Å². The molecule has 4 rings (SSSR count). The predicted molar refractivity (Wildman–Crippen MR) is 153 cm³/mol. The van der Waals surface area contributed by atoms with Crippen LogP contribution in [-0.2, 0) is 16.1 Å². The second-order valence-corrected chi connectivity index (χ2v) is 9.42. The summed E-state index contributed by atoms with van der Waals surface area (Å²) in [5, 5.41) is 15.4. The molecule has 0 radical (unpaired) electrons. The van der Waals surface area contributed by atoms with Crippen LogP contribution < -0.4 is 15.4 Å². The first kappa shape index (κ1) is 27.0. The number of carbonyl (C=O) groups excluding carboxylic acids is 2. The summed E-state index contributed by atoms with van der Waals surface area (Å²) in [7, 11) is 1.53. The number of rotatable bonds is 10. The summed E-state index contributed by atoms with van der Waals surface area (Å²) in [4.78, 5) is 24.8. The van der Waals surface area contributed by atoms with E-state index >= 15 is 0 Å². The highest BCUT2D eigenvalue weighted by Gasteiger charge is 2.16. The lowest BCUT2D eigenvalue weighted by atomic mass is 10.2. The Kier molecular flexibility index (Phi) is 9.18. The van der Waals surface area contributed by atoms with Crippen molar-refractivity contribution in [1.29, 1.82) is 0 Å². The summed E-state index contributed by atoms with van der Waals surface area (Å²) >= 11 is 7.33. The molecule has 0 saturated carbocycles. The number of ether oxygens (including phenoxy) is 1. The SMILES string of the molecule is CCn1c(SCC(=O)Nc2cc(Cl)ccc2OC)nnc1-c1ccc(NC(=O)/C=C/c2ccccc2)cc1. The number of nitrogens with one attached hydrogen (secondary N) is 2. The largest absolute Gasteiger partial charge is 0.495 e. The van der Waals surface area contributed by atoms with Gasteiger partial charge in [-0.25, -0.2) is 0 Å². The van der Waals surface area contributed by atoms with Gasteiger partial charge in [0.1, 0.15) is 5.75 Å². The predicted octanol–water partition coefficient (Wildman–Crippen LogP) is 6.01. The van der Waals surface area contributed by atoms with Crippen LogP contribution in [0.1, 0.15) is 12.5 Å². The fourth-order valence-corrected chi connectivity index (χ4v) is 4.59. The van der Waals surface area contributed by atoms with Crippen LogP contribution in [0.4, 0.5) is 11.4 Å². The van der Waals surface area contributed by atoms with Crippen molar-refractivity contribution in [3.8, 4) is 17.1 Å². The Morgan fingerprint density at radius 3 is 2.50 bits per heavy atom. The highest BCUT2D eigenvalue weighted by atomic mass is 35.5. The minimum atomic E-state index is -0.218. The van der Waals surface area contributed by atoms with Gasteiger partial charge in [0, 0.05) is 28.9 Å². The molecular formula is C28H26ClN5O3S. The third kappa shape index (κ3) is 7.02. The van der Waals surface area contributed by atoms with Gasteiger partial charge >= 0.3 is 0 Å². The van der Waals surface area contributed by atoms with E-state index in [0.717, 1.165) is 11.1 Å². The Balaban J connectivity index is 1.37. The molecule has 3 aromatic carbocycles. The molecule has 194 valence electrons. The van der Waals surface area contributed by atoms with Crippen LogP contribution in [0, 0.1) is 0 Å². The van der Waals surface area contributed by atoms with Gasteiger partial charge in [-0.1, -0.05) is 53.7 Å². The number of hydrogen-bond acceptors (Lipinski definition) is 6. The molecule has 0 aliphatic carbocycles. The number of anilines is 2. The maximum absolute atomic E-state index is 12.6. The molecule has 4 aromatic rings. The molecule has 8 nitrogen and oxygen atoms in total. The fourth-order valence-electron chi connectivity index (χ4n) is 3.61. The highest BCUT2D eigenvalue weighted by molar-refractivity contribution is 7.99. The number of thioether (sulfide) groups is 1. The normalized spacial score (nSPS) is 10.9. The van der Waals surface area contributed by atoms with Gasteiger partial charge in [0.25, 0.3) is 0 Å². The third-order valence-electron chi connectivity index (χ3n) is 5.44. The summed E-state index contributed by atoms with van der Waals surface area (Å²) in [6.07, 6.45) is 3.26. The lowest BCUT2D eigenvalue weighted by Crippen LogP contribution is -2.15. The molecule has 38 heavy (non-hydrogen) atoms. The molecule has 0 atom stereocenters. The van der Waals surface area contributed by atoms with Crippen LogP contribution in [0.3, 0.4) is 0 Å². The van der Waals surface area contributed by atoms with E-state index in [2.05, 4.69) is 20.8 Å². The van der Waals surface area contributed by atoms with Crippen LogP contribution in [-0.4, -0.2) is 39.4 Å². The zero-order chi connectivity index (χ0) is 26.9. The minimum Gasteiger partial charge on any atom is -0.495 e. The van der Waals surface area contributed by atoms with Crippen LogP contribution in [0.2, 0.25) is 5.02 Å². The van der Waals surface area contributed by atoms with Crippen molar-refractivity contribution in [2.45, 2.75) is 18.6 Å². The molecule has 0 aliphatic heterocycles. The highest BCUT2D eigenvalue weighted by Crippen LogP contribution is 2.29. The van der Waals surface area contributed by atoms with Crippen LogP contribution in [0.5, 0.6) is 5.75 Å². The van der Waals surface area contributed by atoms with Gasteiger partial charge < -0.3 is 19.9 Å². The molecule has 0 saturated heterocycles. The Hall–Kier alpha value is -4.08. The zero-order valence-corrected chi connectivity index (χ0v) is 22.4. The molecule has 0 aliphatic rings. The van der Waals surface area contributed by atoms with Gasteiger partial charge in [0.15, 0.2) is 11.0 Å². The minimum absolute atomic E-state index is 0.134. The molecule has 0 fully saturated rings. The van der Waals surface area contributed by atoms with Crippen LogP contribution in [0.15, 0.2) is 84.0 Å². The summed E-state index contributed by atoms with van der Waals surface area (Å²) in [6, 6.07) is 22.0. The summed E-state index contributed by atoms with van der Waals surface area (Å²) < 4.78 is 7.22. The van der Waals surface area contributed by atoms with Gasteiger partial charge in [-0.15, -0.1) is 10.2 Å². The van der Waals surface area contributed by atoms with E-state index in [0.29, 0.717) is 39.7 Å². The van der Waals surface area contributed by atoms with Gasteiger partial charge in [0.05, 0.1) is 18.6 Å². The Morgan fingerprint density at radius 1 is 1.03 bits per heavy atom. The van der Waals surface area contributed by atoms with Crippen LogP contribution >= 0.6 is 23.4 Å². The topological polar surface area (TPSA) is 98.1 Å². The number of carbonyl (C=O) groups is 2. The second kappa shape index (κ2) is 12.9. The fraction of sp³-hybridized carbons (Fsp3) is 0.143. The maximum Gasteiger partial charge on any atom is 0.248 e. The lowest BCUT2D eigenvalue weighted by Gasteiger charge is -2.11. The van der Waals surface area contributed by atoms with Crippen molar-refractivity contribution in [1.82, 2.24) is 14.8 Å². The third-order valence-corrected chi connectivity index (χ3v) is 6.64.